The van der Waals surface area contributed by atoms with Crippen molar-refractivity contribution in [3.63, 3.8) is 0 Å². The highest BCUT2D eigenvalue weighted by atomic mass is 19.4. The van der Waals surface area contributed by atoms with E-state index in [1.54, 1.807) is 20.8 Å². The van der Waals surface area contributed by atoms with Crippen LogP contribution in [-0.2, 0) is 17.3 Å². The molecule has 0 aromatic carbocycles. The number of nitrogens with two attached hydrogens (primary N) is 1. The van der Waals surface area contributed by atoms with Gasteiger partial charge in [0.2, 0.25) is 0 Å². The molecule has 132 valence electrons. The summed E-state index contributed by atoms with van der Waals surface area (Å²) in [5, 5.41) is 7.72. The van der Waals surface area contributed by atoms with E-state index in [9.17, 15) is 13.2 Å². The van der Waals surface area contributed by atoms with Gasteiger partial charge in [-0.1, -0.05) is 18.0 Å². The number of hydrogen-bond acceptors (Lipinski definition) is 5. The number of hydrogen-bond donors (Lipinski definition) is 1. The van der Waals surface area contributed by atoms with Gasteiger partial charge in [-0.25, -0.2) is 0 Å². The van der Waals surface area contributed by atoms with Gasteiger partial charge in [-0.2, -0.15) is 23.3 Å². The maximum atomic E-state index is 13.6. The van der Waals surface area contributed by atoms with Crippen molar-refractivity contribution < 1.29 is 17.7 Å². The Morgan fingerprint density at radius 1 is 1.21 bits per heavy atom. The number of nitrogens with zero attached hydrogens (tertiary/aromatic N) is 4. The van der Waals surface area contributed by atoms with Crippen LogP contribution >= 0.6 is 0 Å². The van der Waals surface area contributed by atoms with E-state index in [0.29, 0.717) is 12.8 Å². The van der Waals surface area contributed by atoms with Crippen LogP contribution in [0.5, 0.6) is 0 Å². The second kappa shape index (κ2) is 5.30. The summed E-state index contributed by atoms with van der Waals surface area (Å²) in [5.41, 5.74) is 3.55. The summed E-state index contributed by atoms with van der Waals surface area (Å²) in [6, 6.07) is 0. The minimum absolute atomic E-state index is 0.204. The van der Waals surface area contributed by atoms with Gasteiger partial charge in [0, 0.05) is 0 Å². The van der Waals surface area contributed by atoms with Gasteiger partial charge >= 0.3 is 6.18 Å². The second-order valence-corrected chi connectivity index (χ2v) is 7.27. The van der Waals surface area contributed by atoms with E-state index in [0.717, 1.165) is 23.7 Å². The molecule has 1 aliphatic rings. The number of rotatable bonds is 2. The third kappa shape index (κ3) is 2.81. The monoisotopic (exact) mass is 343 g/mol. The van der Waals surface area contributed by atoms with Gasteiger partial charge in [0.1, 0.15) is 0 Å². The van der Waals surface area contributed by atoms with Crippen LogP contribution in [0.4, 0.5) is 13.2 Å². The van der Waals surface area contributed by atoms with Crippen LogP contribution in [0.25, 0.3) is 11.5 Å². The van der Waals surface area contributed by atoms with E-state index in [1.807, 2.05) is 0 Å². The first-order valence-corrected chi connectivity index (χ1v) is 7.81. The third-order valence-corrected chi connectivity index (χ3v) is 4.27. The Morgan fingerprint density at radius 3 is 2.38 bits per heavy atom. The van der Waals surface area contributed by atoms with Crippen LogP contribution in [0, 0.1) is 0 Å². The summed E-state index contributed by atoms with van der Waals surface area (Å²) in [5.74, 6) is 0.0520. The third-order valence-electron chi connectivity index (χ3n) is 4.27. The summed E-state index contributed by atoms with van der Waals surface area (Å²) >= 11 is 0. The van der Waals surface area contributed by atoms with E-state index in [-0.39, 0.29) is 17.3 Å². The van der Waals surface area contributed by atoms with Crippen molar-refractivity contribution in [2.45, 2.75) is 63.7 Å². The highest BCUT2D eigenvalue weighted by Gasteiger charge is 2.43. The fourth-order valence-corrected chi connectivity index (χ4v) is 3.05. The average Bonchev–Trinajstić information content (AvgIpc) is 3.15. The lowest BCUT2D eigenvalue weighted by molar-refractivity contribution is -0.145. The Kier molecular flexibility index (Phi) is 3.74. The van der Waals surface area contributed by atoms with Crippen molar-refractivity contribution in [3.05, 3.63) is 17.7 Å². The molecular weight excluding hydrogens is 323 g/mol. The molecular formula is C15H20F3N5O. The molecule has 1 saturated carbocycles. The fraction of sp³-hybridized carbons (Fsp3) is 0.667. The lowest BCUT2D eigenvalue weighted by Crippen LogP contribution is -2.34. The normalized spacial score (nSPS) is 18.3. The number of aromatic nitrogens is 4. The Hall–Kier alpha value is -1.90. The summed E-state index contributed by atoms with van der Waals surface area (Å²) < 4.78 is 46.7. The van der Waals surface area contributed by atoms with Crippen molar-refractivity contribution in [2.24, 2.45) is 5.73 Å². The SMILES string of the molecule is CC(C)(C)n1ncc(-c2nc(C3(N)CCCC3)no2)c1C(F)(F)F. The average molecular weight is 343 g/mol. The highest BCUT2D eigenvalue weighted by molar-refractivity contribution is 5.56. The maximum Gasteiger partial charge on any atom is 0.433 e. The number of alkyl halides is 3. The smallest absolute Gasteiger partial charge is 0.334 e. The molecule has 1 fully saturated rings. The van der Waals surface area contributed by atoms with Crippen LogP contribution in [0.1, 0.15) is 58.0 Å². The molecule has 0 aliphatic heterocycles. The van der Waals surface area contributed by atoms with E-state index in [1.165, 1.54) is 0 Å². The first-order valence-electron chi connectivity index (χ1n) is 7.81. The Morgan fingerprint density at radius 2 is 1.83 bits per heavy atom. The predicted octanol–water partition coefficient (Wildman–Crippen LogP) is 3.43. The molecule has 0 spiro atoms. The molecule has 0 radical (unpaired) electrons. The van der Waals surface area contributed by atoms with Crippen molar-refractivity contribution in [1.82, 2.24) is 19.9 Å². The summed E-state index contributed by atoms with van der Waals surface area (Å²) in [6.45, 7) is 4.93. The molecule has 0 bridgehead atoms. The molecule has 2 N–H and O–H groups in total. The molecule has 1 aliphatic carbocycles. The molecule has 9 heteroatoms. The molecule has 2 heterocycles. The summed E-state index contributed by atoms with van der Waals surface area (Å²) in [4.78, 5) is 4.15. The van der Waals surface area contributed by atoms with Crippen molar-refractivity contribution in [1.29, 1.82) is 0 Å². The zero-order valence-electron chi connectivity index (χ0n) is 13.8. The Balaban J connectivity index is 2.08. The van der Waals surface area contributed by atoms with Crippen LogP contribution in [0.3, 0.4) is 0 Å². The summed E-state index contributed by atoms with van der Waals surface area (Å²) in [6.07, 6.45) is -0.213. The molecule has 0 amide bonds. The van der Waals surface area contributed by atoms with Gasteiger partial charge in [-0.15, -0.1) is 0 Å². The molecule has 6 nitrogen and oxygen atoms in total. The van der Waals surface area contributed by atoms with Gasteiger partial charge in [0.25, 0.3) is 5.89 Å². The van der Waals surface area contributed by atoms with Gasteiger partial charge in [0.05, 0.1) is 22.8 Å². The van der Waals surface area contributed by atoms with Crippen LogP contribution in [0.2, 0.25) is 0 Å². The molecule has 2 aromatic heterocycles. The molecule has 24 heavy (non-hydrogen) atoms. The van der Waals surface area contributed by atoms with E-state index in [2.05, 4.69) is 15.2 Å². The van der Waals surface area contributed by atoms with Gasteiger partial charge in [-0.3, -0.25) is 4.68 Å². The van der Waals surface area contributed by atoms with Crippen LogP contribution < -0.4 is 5.73 Å². The first kappa shape index (κ1) is 16.9. The van der Waals surface area contributed by atoms with Gasteiger partial charge in [-0.05, 0) is 33.6 Å². The van der Waals surface area contributed by atoms with Crippen LogP contribution in [0.15, 0.2) is 10.7 Å². The van der Waals surface area contributed by atoms with Crippen molar-refractivity contribution in [2.75, 3.05) is 0 Å². The molecule has 0 unspecified atom stereocenters. The molecule has 2 aromatic rings. The maximum absolute atomic E-state index is 13.6. The quantitative estimate of drug-likeness (QED) is 0.903. The Labute approximate surface area is 137 Å². The molecule has 3 rings (SSSR count). The van der Waals surface area contributed by atoms with Crippen LogP contribution in [-0.4, -0.2) is 19.9 Å². The van der Waals surface area contributed by atoms with E-state index < -0.39 is 22.9 Å². The number of halogens is 3. The van der Waals surface area contributed by atoms with Crippen molar-refractivity contribution >= 4 is 0 Å². The van der Waals surface area contributed by atoms with E-state index in [4.69, 9.17) is 10.3 Å². The molecule has 0 atom stereocenters. The highest BCUT2D eigenvalue weighted by Crippen LogP contribution is 2.40. The largest absolute Gasteiger partial charge is 0.433 e. The predicted molar refractivity (Wildman–Crippen MR) is 79.9 cm³/mol. The van der Waals surface area contributed by atoms with E-state index >= 15 is 0 Å². The first-order chi connectivity index (χ1) is 11.0. The summed E-state index contributed by atoms with van der Waals surface area (Å²) in [7, 11) is 0. The molecule has 0 saturated heterocycles. The fourth-order valence-electron chi connectivity index (χ4n) is 3.05. The zero-order valence-corrected chi connectivity index (χ0v) is 13.8. The minimum atomic E-state index is -4.60. The van der Waals surface area contributed by atoms with Crippen molar-refractivity contribution in [3.8, 4) is 11.5 Å². The lowest BCUT2D eigenvalue weighted by Gasteiger charge is -2.23. The minimum Gasteiger partial charge on any atom is -0.334 e. The van der Waals surface area contributed by atoms with Gasteiger partial charge in [0.15, 0.2) is 11.5 Å². The standard InChI is InChI=1S/C15H20F3N5O/c1-13(2,3)23-10(15(16,17)18)9(8-20-23)11-21-12(22-24-11)14(19)6-4-5-7-14/h8H,4-7,19H2,1-3H3. The lowest BCUT2D eigenvalue weighted by atomic mass is 9.99. The topological polar surface area (TPSA) is 82.8 Å². The van der Waals surface area contributed by atoms with Gasteiger partial charge < -0.3 is 10.3 Å². The Bertz CT molecular complexity index is 735. The zero-order chi connectivity index (χ0) is 17.8. The second-order valence-electron chi connectivity index (χ2n) is 7.27.